The number of ether oxygens (including phenoxy) is 3. The van der Waals surface area contributed by atoms with Gasteiger partial charge in [-0.1, -0.05) is 89.1 Å². The minimum Gasteiger partial charge on any atom is -0.493 e. The molecule has 0 radical (unpaired) electrons. The normalized spacial score (nSPS) is 11.7. The fraction of sp³-hybridized carbons (Fsp3) is 0.406. The van der Waals surface area contributed by atoms with Crippen LogP contribution in [0.5, 0.6) is 17.2 Å². The molecule has 0 N–H and O–H groups in total. The number of esters is 1. The predicted octanol–water partition coefficient (Wildman–Crippen LogP) is 9.39. The first kappa shape index (κ1) is 28.6. The molecule has 0 saturated carbocycles. The van der Waals surface area contributed by atoms with Crippen LogP contribution in [0.3, 0.4) is 0 Å². The lowest BCUT2D eigenvalue weighted by Gasteiger charge is -2.11. The van der Waals surface area contributed by atoms with E-state index in [1.807, 2.05) is 42.5 Å². The molecule has 198 valence electrons. The molecule has 0 heterocycles. The number of unbranched alkanes of at least 4 members (excludes halogenated alkanes) is 5. The average molecular weight is 523 g/mol. The van der Waals surface area contributed by atoms with Gasteiger partial charge in [-0.05, 0) is 72.0 Å². The lowest BCUT2D eigenvalue weighted by atomic mass is 10.0. The van der Waals surface area contributed by atoms with Gasteiger partial charge in [-0.3, -0.25) is 0 Å². The summed E-state index contributed by atoms with van der Waals surface area (Å²) in [6.45, 7) is 7.86. The van der Waals surface area contributed by atoms with Crippen LogP contribution in [0.4, 0.5) is 0 Å². The van der Waals surface area contributed by atoms with Crippen molar-refractivity contribution in [1.82, 2.24) is 0 Å². The largest absolute Gasteiger partial charge is 0.493 e. The minimum atomic E-state index is -0.406. The van der Waals surface area contributed by atoms with Gasteiger partial charge in [0.15, 0.2) is 0 Å². The zero-order chi connectivity index (χ0) is 26.5. The second-order valence-corrected chi connectivity index (χ2v) is 9.93. The van der Waals surface area contributed by atoms with E-state index < -0.39 is 5.97 Å². The van der Waals surface area contributed by atoms with Gasteiger partial charge in [0.25, 0.3) is 0 Å². The Labute approximate surface area is 226 Å². The maximum atomic E-state index is 12.6. The molecule has 4 nitrogen and oxygen atoms in total. The van der Waals surface area contributed by atoms with Gasteiger partial charge in [0, 0.05) is 0 Å². The lowest BCUT2D eigenvalue weighted by Crippen LogP contribution is -2.09. The first-order valence-corrected chi connectivity index (χ1v) is 13.9. The molecule has 0 aliphatic carbocycles. The Hall–Kier alpha value is -2.98. The zero-order valence-corrected chi connectivity index (χ0v) is 23.1. The van der Waals surface area contributed by atoms with E-state index in [4.69, 9.17) is 25.8 Å². The summed E-state index contributed by atoms with van der Waals surface area (Å²) in [5.41, 5.74) is 2.40. The van der Waals surface area contributed by atoms with Gasteiger partial charge in [0.05, 0.1) is 23.8 Å². The predicted molar refractivity (Wildman–Crippen MR) is 152 cm³/mol. The molecular weight excluding hydrogens is 484 g/mol. The van der Waals surface area contributed by atoms with Gasteiger partial charge in [-0.2, -0.15) is 0 Å². The number of benzene rings is 3. The van der Waals surface area contributed by atoms with Crippen molar-refractivity contribution in [1.29, 1.82) is 0 Å². The second-order valence-electron chi connectivity index (χ2n) is 9.52. The molecular formula is C32H39ClO4. The maximum absolute atomic E-state index is 12.6. The molecule has 3 aromatic carbocycles. The fourth-order valence-corrected chi connectivity index (χ4v) is 4.02. The lowest BCUT2D eigenvalue weighted by molar-refractivity contribution is 0.0734. The van der Waals surface area contributed by atoms with E-state index in [1.54, 1.807) is 24.3 Å². The summed E-state index contributed by atoms with van der Waals surface area (Å²) < 4.78 is 17.2. The summed E-state index contributed by atoms with van der Waals surface area (Å²) in [6, 6.07) is 20.2. The van der Waals surface area contributed by atoms with Crippen LogP contribution in [0.2, 0.25) is 5.02 Å². The third-order valence-corrected chi connectivity index (χ3v) is 6.70. The van der Waals surface area contributed by atoms with Gasteiger partial charge in [0.1, 0.15) is 17.2 Å². The highest BCUT2D eigenvalue weighted by Gasteiger charge is 2.11. The molecule has 0 spiro atoms. The SMILES string of the molecule is CCCCCCCCOc1ccc(-c2ccc(C(=O)Oc3ccc(OCC(C)CC)cc3)cc2)cc1Cl. The molecule has 1 unspecified atom stereocenters. The third-order valence-electron chi connectivity index (χ3n) is 6.41. The Morgan fingerprint density at radius 2 is 1.43 bits per heavy atom. The minimum absolute atomic E-state index is 0.406. The van der Waals surface area contributed by atoms with Crippen molar-refractivity contribution >= 4 is 17.6 Å². The molecule has 3 aromatic rings. The van der Waals surface area contributed by atoms with Gasteiger partial charge >= 0.3 is 5.97 Å². The molecule has 5 heteroatoms. The quantitative estimate of drug-likeness (QED) is 0.113. The number of hydrogen-bond acceptors (Lipinski definition) is 4. The molecule has 0 amide bonds. The summed E-state index contributed by atoms with van der Waals surface area (Å²) in [6.07, 6.45) is 8.41. The Morgan fingerprint density at radius 3 is 2.11 bits per heavy atom. The van der Waals surface area contributed by atoms with Crippen LogP contribution in [0.15, 0.2) is 66.7 Å². The van der Waals surface area contributed by atoms with Crippen LogP contribution in [-0.4, -0.2) is 19.2 Å². The van der Waals surface area contributed by atoms with Crippen molar-refractivity contribution in [3.8, 4) is 28.4 Å². The van der Waals surface area contributed by atoms with Crippen LogP contribution in [0.1, 0.15) is 76.1 Å². The number of rotatable bonds is 15. The van der Waals surface area contributed by atoms with Crippen LogP contribution in [0.25, 0.3) is 11.1 Å². The summed E-state index contributed by atoms with van der Waals surface area (Å²) in [5, 5.41) is 0.587. The van der Waals surface area contributed by atoms with Gasteiger partial charge < -0.3 is 14.2 Å². The molecule has 0 saturated heterocycles. The van der Waals surface area contributed by atoms with E-state index in [1.165, 1.54) is 32.1 Å². The van der Waals surface area contributed by atoms with Crippen LogP contribution < -0.4 is 14.2 Å². The van der Waals surface area contributed by atoms with Gasteiger partial charge in [-0.15, -0.1) is 0 Å². The molecule has 1 atom stereocenters. The molecule has 0 aliphatic heterocycles. The molecule has 3 rings (SSSR count). The van der Waals surface area contributed by atoms with E-state index in [9.17, 15) is 4.79 Å². The highest BCUT2D eigenvalue weighted by molar-refractivity contribution is 6.32. The summed E-state index contributed by atoms with van der Waals surface area (Å²) in [4.78, 5) is 12.6. The van der Waals surface area contributed by atoms with Crippen molar-refractivity contribution in [2.75, 3.05) is 13.2 Å². The van der Waals surface area contributed by atoms with Crippen molar-refractivity contribution in [2.24, 2.45) is 5.92 Å². The Bertz CT molecular complexity index is 1090. The van der Waals surface area contributed by atoms with Crippen molar-refractivity contribution < 1.29 is 19.0 Å². The zero-order valence-electron chi connectivity index (χ0n) is 22.3. The molecule has 0 bridgehead atoms. The number of carbonyl (C=O) groups excluding carboxylic acids is 1. The highest BCUT2D eigenvalue weighted by atomic mass is 35.5. The standard InChI is InChI=1S/C32H39ClO4/c1-4-6-7-8-9-10-21-35-31-20-15-27(22-30(31)33)25-11-13-26(14-12-25)32(34)37-29-18-16-28(17-19-29)36-23-24(3)5-2/h11-20,22,24H,4-10,21,23H2,1-3H3. The van der Waals surface area contributed by atoms with Crippen LogP contribution >= 0.6 is 11.6 Å². The van der Waals surface area contributed by atoms with Crippen molar-refractivity contribution in [2.45, 2.75) is 65.7 Å². The average Bonchev–Trinajstić information content (AvgIpc) is 2.92. The first-order chi connectivity index (χ1) is 18.0. The smallest absolute Gasteiger partial charge is 0.343 e. The Kier molecular flexibility index (Phi) is 11.8. The first-order valence-electron chi connectivity index (χ1n) is 13.5. The van der Waals surface area contributed by atoms with E-state index in [0.29, 0.717) is 41.2 Å². The monoisotopic (exact) mass is 522 g/mol. The maximum Gasteiger partial charge on any atom is 0.343 e. The number of hydrogen-bond donors (Lipinski definition) is 0. The third kappa shape index (κ3) is 9.44. The van der Waals surface area contributed by atoms with Crippen molar-refractivity contribution in [3.63, 3.8) is 0 Å². The van der Waals surface area contributed by atoms with E-state index in [0.717, 1.165) is 29.7 Å². The second kappa shape index (κ2) is 15.3. The van der Waals surface area contributed by atoms with Gasteiger partial charge in [-0.25, -0.2) is 4.79 Å². The van der Waals surface area contributed by atoms with E-state index in [2.05, 4.69) is 20.8 Å². The Balaban J connectivity index is 1.50. The summed E-state index contributed by atoms with van der Waals surface area (Å²) in [5.74, 6) is 2.04. The fourth-order valence-electron chi connectivity index (χ4n) is 3.79. The highest BCUT2D eigenvalue weighted by Crippen LogP contribution is 2.31. The molecule has 0 aromatic heterocycles. The topological polar surface area (TPSA) is 44.8 Å². The van der Waals surface area contributed by atoms with Crippen LogP contribution in [0, 0.1) is 5.92 Å². The van der Waals surface area contributed by atoms with Crippen molar-refractivity contribution in [3.05, 3.63) is 77.3 Å². The summed E-state index contributed by atoms with van der Waals surface area (Å²) >= 11 is 6.48. The van der Waals surface area contributed by atoms with Gasteiger partial charge in [0.2, 0.25) is 0 Å². The number of carbonyl (C=O) groups is 1. The van der Waals surface area contributed by atoms with Crippen LogP contribution in [-0.2, 0) is 0 Å². The molecule has 37 heavy (non-hydrogen) atoms. The molecule has 0 fully saturated rings. The van der Waals surface area contributed by atoms with E-state index in [-0.39, 0.29) is 0 Å². The summed E-state index contributed by atoms with van der Waals surface area (Å²) in [7, 11) is 0. The molecule has 0 aliphatic rings. The Morgan fingerprint density at radius 1 is 0.784 bits per heavy atom. The number of halogens is 1. The van der Waals surface area contributed by atoms with E-state index >= 15 is 0 Å².